The van der Waals surface area contributed by atoms with Gasteiger partial charge >= 0.3 is 5.97 Å². The van der Waals surface area contributed by atoms with Crippen molar-refractivity contribution in [3.63, 3.8) is 0 Å². The second-order valence-corrected chi connectivity index (χ2v) is 5.98. The maximum absolute atomic E-state index is 14.2. The van der Waals surface area contributed by atoms with Gasteiger partial charge in [-0.3, -0.25) is 4.79 Å². The minimum Gasteiger partial charge on any atom is -0.460 e. The first-order valence-electron chi connectivity index (χ1n) is 6.99. The van der Waals surface area contributed by atoms with Gasteiger partial charge in [-0.05, 0) is 27.2 Å². The number of rotatable bonds is 6. The molecule has 0 aromatic carbocycles. The maximum Gasteiger partial charge on any atom is 0.306 e. The SMILES string of the molecule is C=CCC(F)C(CC(=O)OC(C)(C)C)C1COCCO1. The molecule has 0 radical (unpaired) electrons. The third-order valence-electron chi connectivity index (χ3n) is 3.00. The van der Waals surface area contributed by atoms with Gasteiger partial charge in [0.25, 0.3) is 0 Å². The molecule has 116 valence electrons. The zero-order chi connectivity index (χ0) is 15.2. The molecule has 0 spiro atoms. The van der Waals surface area contributed by atoms with E-state index in [1.54, 1.807) is 20.8 Å². The molecule has 3 atom stereocenters. The van der Waals surface area contributed by atoms with E-state index in [-0.39, 0.29) is 12.8 Å². The average Bonchev–Trinajstić information content (AvgIpc) is 2.35. The third kappa shape index (κ3) is 6.01. The number of allylic oxidation sites excluding steroid dienone is 1. The van der Waals surface area contributed by atoms with Crippen LogP contribution in [-0.4, -0.2) is 43.7 Å². The zero-order valence-corrected chi connectivity index (χ0v) is 12.6. The van der Waals surface area contributed by atoms with Gasteiger partial charge in [-0.15, -0.1) is 6.58 Å². The lowest BCUT2D eigenvalue weighted by Crippen LogP contribution is -2.41. The van der Waals surface area contributed by atoms with Crippen LogP contribution in [0.2, 0.25) is 0 Å². The van der Waals surface area contributed by atoms with Crippen molar-refractivity contribution in [3.05, 3.63) is 12.7 Å². The summed E-state index contributed by atoms with van der Waals surface area (Å²) in [6.07, 6.45) is 0.0855. The third-order valence-corrected chi connectivity index (χ3v) is 3.00. The van der Waals surface area contributed by atoms with Crippen LogP contribution in [0.25, 0.3) is 0 Å². The maximum atomic E-state index is 14.2. The van der Waals surface area contributed by atoms with Crippen LogP contribution in [0.15, 0.2) is 12.7 Å². The number of halogens is 1. The molecule has 0 aliphatic carbocycles. The smallest absolute Gasteiger partial charge is 0.306 e. The molecular formula is C15H25FO4. The molecule has 0 bridgehead atoms. The molecule has 1 fully saturated rings. The van der Waals surface area contributed by atoms with Crippen LogP contribution in [0.3, 0.4) is 0 Å². The van der Waals surface area contributed by atoms with Crippen molar-refractivity contribution in [2.75, 3.05) is 19.8 Å². The Morgan fingerprint density at radius 1 is 1.50 bits per heavy atom. The van der Waals surface area contributed by atoms with Crippen molar-refractivity contribution in [2.24, 2.45) is 5.92 Å². The highest BCUT2D eigenvalue weighted by molar-refractivity contribution is 5.70. The molecule has 1 heterocycles. The molecule has 1 aliphatic rings. The Hall–Kier alpha value is -0.940. The number of alkyl halides is 1. The number of hydrogen-bond donors (Lipinski definition) is 0. The summed E-state index contributed by atoms with van der Waals surface area (Å²) in [5, 5.41) is 0. The summed E-state index contributed by atoms with van der Waals surface area (Å²) in [5.41, 5.74) is -0.574. The molecule has 4 nitrogen and oxygen atoms in total. The lowest BCUT2D eigenvalue weighted by Gasteiger charge is -2.32. The molecule has 0 aromatic rings. The van der Waals surface area contributed by atoms with E-state index in [4.69, 9.17) is 14.2 Å². The van der Waals surface area contributed by atoms with Gasteiger partial charge in [0.05, 0.1) is 32.3 Å². The Balaban J connectivity index is 2.66. The first-order valence-corrected chi connectivity index (χ1v) is 6.99. The van der Waals surface area contributed by atoms with E-state index in [1.807, 2.05) is 0 Å². The lowest BCUT2D eigenvalue weighted by molar-refractivity contribution is -0.163. The van der Waals surface area contributed by atoms with Gasteiger partial charge in [0.15, 0.2) is 0 Å². The Morgan fingerprint density at radius 2 is 2.20 bits per heavy atom. The normalized spacial score (nSPS) is 22.9. The molecule has 1 rings (SSSR count). The molecule has 0 aromatic heterocycles. The van der Waals surface area contributed by atoms with E-state index < -0.39 is 29.8 Å². The summed E-state index contributed by atoms with van der Waals surface area (Å²) in [6, 6.07) is 0. The molecule has 0 N–H and O–H groups in total. The molecule has 0 amide bonds. The van der Waals surface area contributed by atoms with Gasteiger partial charge in [-0.2, -0.15) is 0 Å². The highest BCUT2D eigenvalue weighted by atomic mass is 19.1. The molecule has 1 saturated heterocycles. The molecule has 0 saturated carbocycles. The average molecular weight is 288 g/mol. The number of carbonyl (C=O) groups is 1. The summed E-state index contributed by atoms with van der Waals surface area (Å²) in [6.45, 7) is 10.1. The topological polar surface area (TPSA) is 44.8 Å². The summed E-state index contributed by atoms with van der Waals surface area (Å²) in [7, 11) is 0. The van der Waals surface area contributed by atoms with Crippen LogP contribution in [0.4, 0.5) is 4.39 Å². The highest BCUT2D eigenvalue weighted by Gasteiger charge is 2.34. The number of carbonyl (C=O) groups excluding carboxylic acids is 1. The minimum absolute atomic E-state index is 0.0136. The van der Waals surface area contributed by atoms with Crippen LogP contribution in [-0.2, 0) is 19.0 Å². The van der Waals surface area contributed by atoms with Crippen molar-refractivity contribution in [1.82, 2.24) is 0 Å². The van der Waals surface area contributed by atoms with Gasteiger partial charge in [-0.25, -0.2) is 4.39 Å². The van der Waals surface area contributed by atoms with E-state index in [0.29, 0.717) is 19.8 Å². The minimum atomic E-state index is -1.19. The van der Waals surface area contributed by atoms with E-state index in [1.165, 1.54) is 6.08 Å². The Kier molecular flexibility index (Phi) is 6.62. The van der Waals surface area contributed by atoms with Crippen molar-refractivity contribution in [1.29, 1.82) is 0 Å². The zero-order valence-electron chi connectivity index (χ0n) is 12.6. The molecule has 5 heteroatoms. The molecule has 3 unspecified atom stereocenters. The monoisotopic (exact) mass is 288 g/mol. The van der Waals surface area contributed by atoms with Crippen molar-refractivity contribution in [3.8, 4) is 0 Å². The largest absolute Gasteiger partial charge is 0.460 e. The summed E-state index contributed by atoms with van der Waals surface area (Å²) >= 11 is 0. The molecular weight excluding hydrogens is 263 g/mol. The lowest BCUT2D eigenvalue weighted by atomic mass is 9.91. The Bertz CT molecular complexity index is 318. The van der Waals surface area contributed by atoms with E-state index >= 15 is 0 Å². The van der Waals surface area contributed by atoms with E-state index in [0.717, 1.165) is 0 Å². The van der Waals surface area contributed by atoms with E-state index in [2.05, 4.69) is 6.58 Å². The van der Waals surface area contributed by atoms with Crippen LogP contribution in [0.5, 0.6) is 0 Å². The summed E-state index contributed by atoms with van der Waals surface area (Å²) < 4.78 is 30.3. The van der Waals surface area contributed by atoms with Crippen LogP contribution in [0, 0.1) is 5.92 Å². The first kappa shape index (κ1) is 17.1. The highest BCUT2D eigenvalue weighted by Crippen LogP contribution is 2.26. The Labute approximate surface area is 120 Å². The fraction of sp³-hybridized carbons (Fsp3) is 0.800. The van der Waals surface area contributed by atoms with E-state index in [9.17, 15) is 9.18 Å². The van der Waals surface area contributed by atoms with Crippen molar-refractivity contribution < 1.29 is 23.4 Å². The van der Waals surface area contributed by atoms with Crippen LogP contribution >= 0.6 is 0 Å². The second-order valence-electron chi connectivity index (χ2n) is 5.98. The number of esters is 1. The predicted octanol–water partition coefficient (Wildman–Crippen LogP) is 2.66. The fourth-order valence-corrected chi connectivity index (χ4v) is 2.16. The van der Waals surface area contributed by atoms with Gasteiger partial charge in [-0.1, -0.05) is 6.08 Å². The van der Waals surface area contributed by atoms with Crippen molar-refractivity contribution >= 4 is 5.97 Å². The van der Waals surface area contributed by atoms with Gasteiger partial charge in [0.2, 0.25) is 0 Å². The number of hydrogen-bond acceptors (Lipinski definition) is 4. The summed E-state index contributed by atoms with van der Waals surface area (Å²) in [4.78, 5) is 11.9. The standard InChI is InChI=1S/C15H25FO4/c1-5-6-12(16)11(13-10-18-7-8-19-13)9-14(17)20-15(2,3)4/h5,11-13H,1,6-10H2,2-4H3. The molecule has 20 heavy (non-hydrogen) atoms. The van der Waals surface area contributed by atoms with Gasteiger partial charge < -0.3 is 14.2 Å². The Morgan fingerprint density at radius 3 is 2.70 bits per heavy atom. The predicted molar refractivity (Wildman–Crippen MR) is 74.2 cm³/mol. The van der Waals surface area contributed by atoms with Crippen molar-refractivity contribution in [2.45, 2.75) is 51.5 Å². The quantitative estimate of drug-likeness (QED) is 0.557. The second kappa shape index (κ2) is 7.74. The summed E-state index contributed by atoms with van der Waals surface area (Å²) in [5.74, 6) is -0.980. The van der Waals surface area contributed by atoms with Gasteiger partial charge in [0, 0.05) is 5.92 Å². The van der Waals surface area contributed by atoms with Gasteiger partial charge in [0.1, 0.15) is 11.8 Å². The van der Waals surface area contributed by atoms with Crippen LogP contribution < -0.4 is 0 Å². The number of ether oxygens (including phenoxy) is 3. The molecule has 1 aliphatic heterocycles. The fourth-order valence-electron chi connectivity index (χ4n) is 2.16. The first-order chi connectivity index (χ1) is 9.33. The van der Waals surface area contributed by atoms with Crippen LogP contribution in [0.1, 0.15) is 33.6 Å².